The Bertz CT molecular complexity index is 491. The minimum atomic E-state index is 0.0522. The highest BCUT2D eigenvalue weighted by molar-refractivity contribution is 7.09. The molecule has 0 radical (unpaired) electrons. The van der Waals surface area contributed by atoms with E-state index in [9.17, 15) is 4.79 Å². The Morgan fingerprint density at radius 2 is 2.00 bits per heavy atom. The van der Waals surface area contributed by atoms with Crippen LogP contribution in [0.4, 0.5) is 11.4 Å². The Morgan fingerprint density at radius 1 is 1.22 bits per heavy atom. The number of rotatable bonds is 5. The topological polar surface area (TPSA) is 55.1 Å². The van der Waals surface area contributed by atoms with E-state index in [2.05, 4.69) is 16.8 Å². The average Bonchev–Trinajstić information content (AvgIpc) is 2.85. The molecule has 3 nitrogen and oxygen atoms in total. The molecule has 0 unspecified atom stereocenters. The number of hydrogen-bond donors (Lipinski definition) is 2. The normalized spacial score (nSPS) is 10.2. The van der Waals surface area contributed by atoms with Gasteiger partial charge in [0.15, 0.2) is 0 Å². The Balaban J connectivity index is 1.73. The molecule has 1 amide bonds. The molecule has 0 aliphatic rings. The van der Waals surface area contributed by atoms with E-state index < -0.39 is 0 Å². The smallest absolute Gasteiger partial charge is 0.224 e. The third kappa shape index (κ3) is 3.89. The van der Waals surface area contributed by atoms with Crippen molar-refractivity contribution in [2.45, 2.75) is 19.3 Å². The summed E-state index contributed by atoms with van der Waals surface area (Å²) >= 11 is 1.73. The number of hydrogen-bond acceptors (Lipinski definition) is 3. The summed E-state index contributed by atoms with van der Waals surface area (Å²) in [6, 6.07) is 11.3. The van der Waals surface area contributed by atoms with Crippen LogP contribution in [-0.2, 0) is 11.2 Å². The first-order valence-corrected chi connectivity index (χ1v) is 6.80. The van der Waals surface area contributed by atoms with Gasteiger partial charge in [-0.25, -0.2) is 0 Å². The van der Waals surface area contributed by atoms with Gasteiger partial charge in [0.2, 0.25) is 5.91 Å². The molecule has 0 atom stereocenters. The van der Waals surface area contributed by atoms with Gasteiger partial charge < -0.3 is 11.1 Å². The standard InChI is InChI=1S/C14H16N2OS/c15-11-6-8-12(9-7-11)16-14(17)5-1-3-13-4-2-10-18-13/h2,4,6-10H,1,3,5,15H2,(H,16,17). The first-order chi connectivity index (χ1) is 8.74. The number of thiophene rings is 1. The van der Waals surface area contributed by atoms with Crippen LogP contribution in [0.15, 0.2) is 41.8 Å². The molecule has 4 heteroatoms. The predicted octanol–water partition coefficient (Wildman–Crippen LogP) is 3.29. The molecule has 18 heavy (non-hydrogen) atoms. The maximum Gasteiger partial charge on any atom is 0.224 e. The second-order valence-electron chi connectivity index (χ2n) is 4.10. The van der Waals surface area contributed by atoms with E-state index in [1.165, 1.54) is 4.88 Å². The Labute approximate surface area is 111 Å². The predicted molar refractivity (Wildman–Crippen MR) is 76.7 cm³/mol. The zero-order valence-corrected chi connectivity index (χ0v) is 10.9. The molecule has 0 spiro atoms. The number of benzene rings is 1. The quantitative estimate of drug-likeness (QED) is 0.810. The molecule has 1 aromatic heterocycles. The molecule has 0 aliphatic carbocycles. The molecule has 94 valence electrons. The van der Waals surface area contributed by atoms with Crippen molar-refractivity contribution < 1.29 is 4.79 Å². The van der Waals surface area contributed by atoms with Gasteiger partial charge in [-0.15, -0.1) is 11.3 Å². The third-order valence-corrected chi connectivity index (χ3v) is 3.54. The zero-order chi connectivity index (χ0) is 12.8. The molecule has 2 aromatic rings. The number of nitrogens with two attached hydrogens (primary N) is 1. The molecule has 0 saturated carbocycles. The molecular formula is C14H16N2OS. The summed E-state index contributed by atoms with van der Waals surface area (Å²) in [4.78, 5) is 13.0. The van der Waals surface area contributed by atoms with Gasteiger partial charge in [0.1, 0.15) is 0 Å². The molecule has 0 fully saturated rings. The maximum absolute atomic E-state index is 11.7. The molecule has 2 rings (SSSR count). The fourth-order valence-corrected chi connectivity index (χ4v) is 2.42. The molecule has 0 bridgehead atoms. The van der Waals surface area contributed by atoms with Gasteiger partial charge in [-0.2, -0.15) is 0 Å². The van der Waals surface area contributed by atoms with Crippen molar-refractivity contribution in [2.24, 2.45) is 0 Å². The highest BCUT2D eigenvalue weighted by atomic mass is 32.1. The van der Waals surface area contributed by atoms with Gasteiger partial charge in [-0.1, -0.05) is 6.07 Å². The fraction of sp³-hybridized carbons (Fsp3) is 0.214. The van der Waals surface area contributed by atoms with Crippen molar-refractivity contribution in [1.29, 1.82) is 0 Å². The lowest BCUT2D eigenvalue weighted by atomic mass is 10.2. The number of anilines is 2. The summed E-state index contributed by atoms with van der Waals surface area (Å²) in [5.41, 5.74) is 7.08. The molecular weight excluding hydrogens is 244 g/mol. The van der Waals surface area contributed by atoms with E-state index in [0.717, 1.165) is 18.5 Å². The van der Waals surface area contributed by atoms with Crippen LogP contribution >= 0.6 is 11.3 Å². The first-order valence-electron chi connectivity index (χ1n) is 5.92. The summed E-state index contributed by atoms with van der Waals surface area (Å²) in [6.07, 6.45) is 2.39. The van der Waals surface area contributed by atoms with Crippen LogP contribution in [0.25, 0.3) is 0 Å². The Kier molecular flexibility index (Phi) is 4.36. The number of aryl methyl sites for hydroxylation is 1. The van der Waals surface area contributed by atoms with E-state index in [0.29, 0.717) is 12.1 Å². The van der Waals surface area contributed by atoms with Crippen molar-refractivity contribution in [3.8, 4) is 0 Å². The van der Waals surface area contributed by atoms with E-state index >= 15 is 0 Å². The molecule has 1 aromatic carbocycles. The fourth-order valence-electron chi connectivity index (χ4n) is 1.67. The van der Waals surface area contributed by atoms with Crippen LogP contribution in [0.1, 0.15) is 17.7 Å². The van der Waals surface area contributed by atoms with Gasteiger partial charge in [-0.3, -0.25) is 4.79 Å². The van der Waals surface area contributed by atoms with E-state index in [1.54, 1.807) is 23.5 Å². The second-order valence-corrected chi connectivity index (χ2v) is 5.14. The van der Waals surface area contributed by atoms with Crippen LogP contribution in [0, 0.1) is 0 Å². The van der Waals surface area contributed by atoms with Gasteiger partial charge >= 0.3 is 0 Å². The lowest BCUT2D eigenvalue weighted by molar-refractivity contribution is -0.116. The zero-order valence-electron chi connectivity index (χ0n) is 10.1. The summed E-state index contributed by atoms with van der Waals surface area (Å²) in [7, 11) is 0. The highest BCUT2D eigenvalue weighted by Crippen LogP contribution is 2.13. The van der Waals surface area contributed by atoms with E-state index in [1.807, 2.05) is 18.2 Å². The maximum atomic E-state index is 11.7. The van der Waals surface area contributed by atoms with Gasteiger partial charge in [0.25, 0.3) is 0 Å². The summed E-state index contributed by atoms with van der Waals surface area (Å²) < 4.78 is 0. The Morgan fingerprint density at radius 3 is 2.67 bits per heavy atom. The van der Waals surface area contributed by atoms with Crippen molar-refractivity contribution in [1.82, 2.24) is 0 Å². The van der Waals surface area contributed by atoms with Gasteiger partial charge in [0.05, 0.1) is 0 Å². The number of carbonyl (C=O) groups is 1. The van der Waals surface area contributed by atoms with Crippen LogP contribution in [0.2, 0.25) is 0 Å². The number of amides is 1. The molecule has 1 heterocycles. The molecule has 0 saturated heterocycles. The average molecular weight is 260 g/mol. The van der Waals surface area contributed by atoms with Crippen molar-refractivity contribution in [3.63, 3.8) is 0 Å². The lowest BCUT2D eigenvalue weighted by Crippen LogP contribution is -2.11. The summed E-state index contributed by atoms with van der Waals surface area (Å²) in [5, 5.41) is 4.92. The van der Waals surface area contributed by atoms with Crippen LogP contribution in [0.3, 0.4) is 0 Å². The van der Waals surface area contributed by atoms with Crippen LogP contribution in [0.5, 0.6) is 0 Å². The lowest BCUT2D eigenvalue weighted by Gasteiger charge is -2.05. The number of carbonyl (C=O) groups excluding carboxylic acids is 1. The van der Waals surface area contributed by atoms with Gasteiger partial charge in [0, 0.05) is 22.7 Å². The molecule has 0 aliphatic heterocycles. The minimum Gasteiger partial charge on any atom is -0.399 e. The van der Waals surface area contributed by atoms with E-state index in [4.69, 9.17) is 5.73 Å². The monoisotopic (exact) mass is 260 g/mol. The van der Waals surface area contributed by atoms with E-state index in [-0.39, 0.29) is 5.91 Å². The number of nitrogen functional groups attached to an aromatic ring is 1. The summed E-state index contributed by atoms with van der Waals surface area (Å²) in [6.45, 7) is 0. The Hall–Kier alpha value is -1.81. The van der Waals surface area contributed by atoms with Crippen molar-refractivity contribution in [2.75, 3.05) is 11.1 Å². The first kappa shape index (κ1) is 12.6. The van der Waals surface area contributed by atoms with Crippen LogP contribution in [-0.4, -0.2) is 5.91 Å². The second kappa shape index (κ2) is 6.21. The van der Waals surface area contributed by atoms with Crippen LogP contribution < -0.4 is 11.1 Å². The third-order valence-electron chi connectivity index (χ3n) is 2.60. The number of nitrogens with one attached hydrogen (secondary N) is 1. The largest absolute Gasteiger partial charge is 0.399 e. The highest BCUT2D eigenvalue weighted by Gasteiger charge is 2.02. The van der Waals surface area contributed by atoms with Gasteiger partial charge in [-0.05, 0) is 48.6 Å². The summed E-state index contributed by atoms with van der Waals surface area (Å²) in [5.74, 6) is 0.0522. The minimum absolute atomic E-state index is 0.0522. The SMILES string of the molecule is Nc1ccc(NC(=O)CCCc2cccs2)cc1. The van der Waals surface area contributed by atoms with Crippen molar-refractivity contribution >= 4 is 28.6 Å². The molecule has 3 N–H and O–H groups in total. The van der Waals surface area contributed by atoms with Crippen molar-refractivity contribution in [3.05, 3.63) is 46.7 Å².